The Hall–Kier alpha value is -2.05. The van der Waals surface area contributed by atoms with Crippen LogP contribution >= 0.6 is 0 Å². The molecule has 1 atom stereocenters. The molecule has 1 aromatic rings. The van der Waals surface area contributed by atoms with Crippen LogP contribution in [-0.2, 0) is 18.4 Å². The van der Waals surface area contributed by atoms with Crippen molar-refractivity contribution in [3.8, 4) is 0 Å². The van der Waals surface area contributed by atoms with E-state index in [0.29, 0.717) is 19.6 Å². The summed E-state index contributed by atoms with van der Waals surface area (Å²) < 4.78 is 1.68. The van der Waals surface area contributed by atoms with Crippen molar-refractivity contribution >= 4 is 12.0 Å². The highest BCUT2D eigenvalue weighted by atomic mass is 16.4. The van der Waals surface area contributed by atoms with E-state index < -0.39 is 5.97 Å². The summed E-state index contributed by atoms with van der Waals surface area (Å²) in [4.78, 5) is 24.2. The van der Waals surface area contributed by atoms with Crippen LogP contribution < -0.4 is 5.32 Å². The first-order valence-corrected chi connectivity index (χ1v) is 6.27. The van der Waals surface area contributed by atoms with Crippen molar-refractivity contribution in [2.75, 3.05) is 13.1 Å². The Morgan fingerprint density at radius 3 is 3.00 bits per heavy atom. The van der Waals surface area contributed by atoms with Gasteiger partial charge in [-0.05, 0) is 18.4 Å². The van der Waals surface area contributed by atoms with Crippen LogP contribution in [0.4, 0.5) is 4.79 Å². The maximum absolute atomic E-state index is 11.9. The van der Waals surface area contributed by atoms with Crippen molar-refractivity contribution in [3.05, 3.63) is 18.0 Å². The van der Waals surface area contributed by atoms with Crippen molar-refractivity contribution in [1.29, 1.82) is 0 Å². The van der Waals surface area contributed by atoms with Gasteiger partial charge in [0.05, 0.1) is 12.2 Å². The van der Waals surface area contributed by atoms with E-state index in [1.54, 1.807) is 9.58 Å². The molecule has 1 unspecified atom stereocenters. The normalized spacial score (nSPS) is 18.6. The second-order valence-corrected chi connectivity index (χ2v) is 4.84. The highest BCUT2D eigenvalue weighted by molar-refractivity contribution is 5.74. The van der Waals surface area contributed by atoms with Crippen LogP contribution in [0.5, 0.6) is 0 Å². The van der Waals surface area contributed by atoms with Gasteiger partial charge in [0.25, 0.3) is 0 Å². The molecule has 1 fully saturated rings. The number of carboxylic acids is 1. The van der Waals surface area contributed by atoms with Crippen LogP contribution in [0.1, 0.15) is 18.5 Å². The Bertz CT molecular complexity index is 471. The summed E-state index contributed by atoms with van der Waals surface area (Å²) in [6.45, 7) is 1.52. The minimum Gasteiger partial charge on any atom is -0.481 e. The van der Waals surface area contributed by atoms with Gasteiger partial charge in [-0.2, -0.15) is 5.10 Å². The van der Waals surface area contributed by atoms with Gasteiger partial charge in [-0.25, -0.2) is 4.79 Å². The zero-order valence-corrected chi connectivity index (χ0v) is 10.9. The number of hydrogen-bond donors (Lipinski definition) is 2. The van der Waals surface area contributed by atoms with E-state index in [-0.39, 0.29) is 18.4 Å². The Kier molecular flexibility index (Phi) is 4.03. The van der Waals surface area contributed by atoms with Crippen molar-refractivity contribution in [1.82, 2.24) is 20.0 Å². The highest BCUT2D eigenvalue weighted by Gasteiger charge is 2.27. The molecule has 0 saturated carbocycles. The van der Waals surface area contributed by atoms with Crippen LogP contribution in [0.3, 0.4) is 0 Å². The second-order valence-electron chi connectivity index (χ2n) is 4.84. The van der Waals surface area contributed by atoms with Gasteiger partial charge in [0, 0.05) is 32.8 Å². The fourth-order valence-corrected chi connectivity index (χ4v) is 2.27. The Morgan fingerprint density at radius 2 is 2.37 bits per heavy atom. The lowest BCUT2D eigenvalue weighted by atomic mass is 10.1. The van der Waals surface area contributed by atoms with E-state index in [1.165, 1.54) is 0 Å². The number of aryl methyl sites for hydroxylation is 1. The molecular formula is C12H18N4O3. The largest absolute Gasteiger partial charge is 0.481 e. The quantitative estimate of drug-likeness (QED) is 0.827. The van der Waals surface area contributed by atoms with Crippen molar-refractivity contribution in [2.24, 2.45) is 13.0 Å². The van der Waals surface area contributed by atoms with Crippen LogP contribution in [-0.4, -0.2) is 44.9 Å². The number of nitrogens with one attached hydrogen (secondary N) is 1. The number of urea groups is 1. The number of hydrogen-bond acceptors (Lipinski definition) is 3. The number of aliphatic carboxylic acids is 1. The molecule has 2 amide bonds. The van der Waals surface area contributed by atoms with E-state index in [2.05, 4.69) is 10.4 Å². The highest BCUT2D eigenvalue weighted by Crippen LogP contribution is 2.19. The van der Waals surface area contributed by atoms with Crippen LogP contribution in [0.25, 0.3) is 0 Å². The number of rotatable bonds is 4. The predicted octanol–water partition coefficient (Wildman–Crippen LogP) is 0.426. The topological polar surface area (TPSA) is 87.5 Å². The van der Waals surface area contributed by atoms with Gasteiger partial charge in [-0.15, -0.1) is 0 Å². The van der Waals surface area contributed by atoms with Crippen LogP contribution in [0.15, 0.2) is 12.3 Å². The first-order chi connectivity index (χ1) is 9.04. The Labute approximate surface area is 111 Å². The van der Waals surface area contributed by atoms with Gasteiger partial charge in [-0.3, -0.25) is 9.48 Å². The molecule has 2 rings (SSSR count). The molecule has 0 spiro atoms. The molecule has 7 nitrogen and oxygen atoms in total. The standard InChI is InChI=1S/C12H18N4O3/c1-15-4-3-10(14-15)7-13-12(19)16-5-2-9(8-16)6-11(17)18/h3-4,9H,2,5-8H2,1H3,(H,13,19)(H,17,18). The zero-order valence-electron chi connectivity index (χ0n) is 10.9. The van der Waals surface area contributed by atoms with Gasteiger partial charge >= 0.3 is 12.0 Å². The maximum Gasteiger partial charge on any atom is 0.317 e. The van der Waals surface area contributed by atoms with E-state index in [1.807, 2.05) is 19.3 Å². The summed E-state index contributed by atoms with van der Waals surface area (Å²) in [5, 5.41) is 15.7. The fourth-order valence-electron chi connectivity index (χ4n) is 2.27. The number of aromatic nitrogens is 2. The summed E-state index contributed by atoms with van der Waals surface area (Å²) >= 11 is 0. The first-order valence-electron chi connectivity index (χ1n) is 6.27. The maximum atomic E-state index is 11.9. The van der Waals surface area contributed by atoms with Crippen molar-refractivity contribution in [3.63, 3.8) is 0 Å². The predicted molar refractivity (Wildman–Crippen MR) is 67.4 cm³/mol. The summed E-state index contributed by atoms with van der Waals surface area (Å²) in [5.74, 6) is -0.737. The molecule has 1 aliphatic rings. The molecule has 19 heavy (non-hydrogen) atoms. The monoisotopic (exact) mass is 266 g/mol. The summed E-state index contributed by atoms with van der Waals surface area (Å²) in [7, 11) is 1.82. The van der Waals surface area contributed by atoms with Gasteiger partial charge < -0.3 is 15.3 Å². The molecule has 0 aliphatic carbocycles. The molecule has 0 radical (unpaired) electrons. The molecule has 0 bridgehead atoms. The number of carbonyl (C=O) groups is 2. The molecule has 1 aliphatic heterocycles. The summed E-state index contributed by atoms with van der Waals surface area (Å²) in [6.07, 6.45) is 2.70. The third-order valence-corrected chi connectivity index (χ3v) is 3.23. The molecular weight excluding hydrogens is 248 g/mol. The fraction of sp³-hybridized carbons (Fsp3) is 0.583. The first kappa shape index (κ1) is 13.4. The zero-order chi connectivity index (χ0) is 13.8. The SMILES string of the molecule is Cn1ccc(CNC(=O)N2CCC(CC(=O)O)C2)n1. The summed E-state index contributed by atoms with van der Waals surface area (Å²) in [6, 6.07) is 1.69. The number of likely N-dealkylation sites (tertiary alicyclic amines) is 1. The van der Waals surface area contributed by atoms with E-state index in [4.69, 9.17) is 5.11 Å². The van der Waals surface area contributed by atoms with Gasteiger partial charge in [-0.1, -0.05) is 0 Å². The van der Waals surface area contributed by atoms with Gasteiger partial charge in [0.2, 0.25) is 0 Å². The lowest BCUT2D eigenvalue weighted by molar-refractivity contribution is -0.138. The van der Waals surface area contributed by atoms with Crippen molar-refractivity contribution in [2.45, 2.75) is 19.4 Å². The smallest absolute Gasteiger partial charge is 0.317 e. The molecule has 2 heterocycles. The van der Waals surface area contributed by atoms with Crippen molar-refractivity contribution < 1.29 is 14.7 Å². The van der Waals surface area contributed by atoms with E-state index in [0.717, 1.165) is 12.1 Å². The third kappa shape index (κ3) is 3.70. The summed E-state index contributed by atoms with van der Waals surface area (Å²) in [5.41, 5.74) is 0.803. The second kappa shape index (κ2) is 5.73. The molecule has 0 aromatic carbocycles. The Balaban J connectivity index is 1.76. The molecule has 1 saturated heterocycles. The number of amides is 2. The number of carboxylic acid groups (broad SMARTS) is 1. The van der Waals surface area contributed by atoms with Crippen LogP contribution in [0, 0.1) is 5.92 Å². The number of nitrogens with zero attached hydrogens (tertiary/aromatic N) is 3. The van der Waals surface area contributed by atoms with Gasteiger partial charge in [0.1, 0.15) is 0 Å². The van der Waals surface area contributed by atoms with Crippen LogP contribution in [0.2, 0.25) is 0 Å². The third-order valence-electron chi connectivity index (χ3n) is 3.23. The molecule has 2 N–H and O–H groups in total. The minimum absolute atomic E-state index is 0.0677. The molecule has 7 heteroatoms. The lowest BCUT2D eigenvalue weighted by Gasteiger charge is -2.16. The molecule has 1 aromatic heterocycles. The van der Waals surface area contributed by atoms with E-state index in [9.17, 15) is 9.59 Å². The Morgan fingerprint density at radius 1 is 1.58 bits per heavy atom. The molecule has 104 valence electrons. The average Bonchev–Trinajstić information content (AvgIpc) is 2.95. The number of carbonyl (C=O) groups excluding carboxylic acids is 1. The van der Waals surface area contributed by atoms with Gasteiger partial charge in [0.15, 0.2) is 0 Å². The average molecular weight is 266 g/mol. The lowest BCUT2D eigenvalue weighted by Crippen LogP contribution is -2.38. The van der Waals surface area contributed by atoms with E-state index >= 15 is 0 Å². The minimum atomic E-state index is -0.805.